The molecule has 1 saturated heterocycles. The van der Waals surface area contributed by atoms with E-state index in [0.29, 0.717) is 11.3 Å². The molecular formula is C13H12N2O5. The maximum absolute atomic E-state index is 11.8. The average Bonchev–Trinajstić information content (AvgIpc) is 2.62. The molecule has 0 unspecified atom stereocenters. The lowest BCUT2D eigenvalue weighted by atomic mass is 10.1. The predicted molar refractivity (Wildman–Crippen MR) is 66.6 cm³/mol. The van der Waals surface area contributed by atoms with Crippen molar-refractivity contribution >= 4 is 23.8 Å². The van der Waals surface area contributed by atoms with Crippen LogP contribution in [0.3, 0.4) is 0 Å². The van der Waals surface area contributed by atoms with Gasteiger partial charge in [0.15, 0.2) is 0 Å². The third-order valence-corrected chi connectivity index (χ3v) is 2.90. The van der Waals surface area contributed by atoms with Crippen LogP contribution in [0.5, 0.6) is 0 Å². The van der Waals surface area contributed by atoms with Crippen LogP contribution in [0.25, 0.3) is 0 Å². The highest BCUT2D eigenvalue weighted by Gasteiger charge is 2.44. The van der Waals surface area contributed by atoms with Gasteiger partial charge in [-0.2, -0.15) is 0 Å². The van der Waals surface area contributed by atoms with Crippen LogP contribution < -0.4 is 0 Å². The summed E-state index contributed by atoms with van der Waals surface area (Å²) < 4.78 is 0. The number of hydrogen-bond acceptors (Lipinski definition) is 4. The number of aliphatic carboxylic acids is 1. The molecule has 0 radical (unpaired) electrons. The Morgan fingerprint density at radius 3 is 2.20 bits per heavy atom. The van der Waals surface area contributed by atoms with Crippen molar-refractivity contribution in [3.8, 4) is 0 Å². The molecule has 0 atom stereocenters. The van der Waals surface area contributed by atoms with Crippen molar-refractivity contribution in [2.75, 3.05) is 13.1 Å². The van der Waals surface area contributed by atoms with Crippen LogP contribution in [0.1, 0.15) is 5.56 Å². The lowest BCUT2D eigenvalue weighted by Crippen LogP contribution is -2.37. The van der Waals surface area contributed by atoms with Gasteiger partial charge in [-0.25, -0.2) is 9.69 Å². The van der Waals surface area contributed by atoms with Gasteiger partial charge in [0, 0.05) is 6.54 Å². The third kappa shape index (κ3) is 2.66. The number of carbonyl (C=O) groups excluding carboxylic acids is 3. The molecule has 20 heavy (non-hydrogen) atoms. The average molecular weight is 276 g/mol. The number of urea groups is 1. The Morgan fingerprint density at radius 2 is 1.60 bits per heavy atom. The number of hydrogen-bond donors (Lipinski definition) is 1. The monoisotopic (exact) mass is 276 g/mol. The zero-order chi connectivity index (χ0) is 14.7. The van der Waals surface area contributed by atoms with E-state index in [2.05, 4.69) is 0 Å². The van der Waals surface area contributed by atoms with Gasteiger partial charge >= 0.3 is 23.8 Å². The first kappa shape index (κ1) is 13.7. The molecule has 7 nitrogen and oxygen atoms in total. The van der Waals surface area contributed by atoms with Crippen molar-refractivity contribution in [3.05, 3.63) is 35.9 Å². The van der Waals surface area contributed by atoms with Crippen LogP contribution in [0.4, 0.5) is 4.79 Å². The molecule has 1 aliphatic heterocycles. The molecule has 7 heteroatoms. The molecule has 1 aliphatic rings. The highest BCUT2D eigenvalue weighted by Crippen LogP contribution is 2.13. The summed E-state index contributed by atoms with van der Waals surface area (Å²) in [6.07, 6.45) is 0.409. The molecule has 1 aromatic rings. The summed E-state index contributed by atoms with van der Waals surface area (Å²) >= 11 is 0. The quantitative estimate of drug-likeness (QED) is 0.608. The molecule has 1 aromatic carbocycles. The van der Waals surface area contributed by atoms with E-state index in [-0.39, 0.29) is 6.54 Å². The summed E-state index contributed by atoms with van der Waals surface area (Å²) in [4.78, 5) is 46.8. The number of rotatable bonds is 5. The maximum atomic E-state index is 11.8. The first-order valence-electron chi connectivity index (χ1n) is 5.93. The van der Waals surface area contributed by atoms with Crippen molar-refractivity contribution < 1.29 is 24.3 Å². The summed E-state index contributed by atoms with van der Waals surface area (Å²) in [5.74, 6) is -3.41. The van der Waals surface area contributed by atoms with Crippen LogP contribution in [-0.2, 0) is 20.8 Å². The standard InChI is InChI=1S/C13H12N2O5/c16-10(17)8-15-12(19)11(18)14(13(15)20)7-6-9-4-2-1-3-5-9/h1-5H,6-8H2,(H,16,17). The second-order valence-electron chi connectivity index (χ2n) is 4.26. The molecule has 0 saturated carbocycles. The first-order chi connectivity index (χ1) is 9.50. The molecule has 1 N–H and O–H groups in total. The Hall–Kier alpha value is -2.70. The van der Waals surface area contributed by atoms with Crippen LogP contribution in [0.2, 0.25) is 0 Å². The molecule has 104 valence electrons. The van der Waals surface area contributed by atoms with Crippen LogP contribution >= 0.6 is 0 Å². The number of carbonyl (C=O) groups is 4. The summed E-state index contributed by atoms with van der Waals surface area (Å²) in [7, 11) is 0. The van der Waals surface area contributed by atoms with Crippen LogP contribution in [-0.4, -0.2) is 51.8 Å². The summed E-state index contributed by atoms with van der Waals surface area (Å²) in [6, 6.07) is 8.28. The largest absolute Gasteiger partial charge is 0.480 e. The third-order valence-electron chi connectivity index (χ3n) is 2.90. The Kier molecular flexibility index (Phi) is 3.79. The van der Waals surface area contributed by atoms with Gasteiger partial charge in [-0.05, 0) is 12.0 Å². The molecule has 1 heterocycles. The highest BCUT2D eigenvalue weighted by atomic mass is 16.4. The van der Waals surface area contributed by atoms with E-state index in [9.17, 15) is 19.2 Å². The predicted octanol–water partition coefficient (Wildman–Crippen LogP) is 0.105. The number of benzene rings is 1. The van der Waals surface area contributed by atoms with Crippen LogP contribution in [0.15, 0.2) is 30.3 Å². The Labute approximate surface area is 114 Å². The second-order valence-corrected chi connectivity index (χ2v) is 4.26. The number of imide groups is 2. The zero-order valence-electron chi connectivity index (χ0n) is 10.5. The van der Waals surface area contributed by atoms with Crippen molar-refractivity contribution in [2.24, 2.45) is 0 Å². The van der Waals surface area contributed by atoms with E-state index in [0.717, 1.165) is 10.5 Å². The smallest absolute Gasteiger partial charge is 0.334 e. The Bertz CT molecular complexity index is 569. The number of nitrogens with zero attached hydrogens (tertiary/aromatic N) is 2. The fraction of sp³-hybridized carbons (Fsp3) is 0.231. The fourth-order valence-corrected chi connectivity index (χ4v) is 1.91. The Morgan fingerprint density at radius 1 is 1.00 bits per heavy atom. The molecular weight excluding hydrogens is 264 g/mol. The lowest BCUT2D eigenvalue weighted by molar-refractivity contribution is -0.146. The molecule has 0 spiro atoms. The van der Waals surface area contributed by atoms with Gasteiger partial charge in [0.25, 0.3) is 0 Å². The van der Waals surface area contributed by atoms with Gasteiger partial charge in [0.2, 0.25) is 0 Å². The molecule has 0 aromatic heterocycles. The maximum Gasteiger partial charge on any atom is 0.334 e. The molecule has 4 amide bonds. The molecule has 1 fully saturated rings. The van der Waals surface area contributed by atoms with E-state index in [1.807, 2.05) is 30.3 Å². The van der Waals surface area contributed by atoms with E-state index in [4.69, 9.17) is 5.11 Å². The van der Waals surface area contributed by atoms with Gasteiger partial charge in [0.05, 0.1) is 0 Å². The van der Waals surface area contributed by atoms with E-state index in [1.165, 1.54) is 0 Å². The topological polar surface area (TPSA) is 95.0 Å². The normalized spacial score (nSPS) is 15.1. The minimum Gasteiger partial charge on any atom is -0.480 e. The fourth-order valence-electron chi connectivity index (χ4n) is 1.91. The van der Waals surface area contributed by atoms with Crippen molar-refractivity contribution in [2.45, 2.75) is 6.42 Å². The minimum absolute atomic E-state index is 0.0452. The minimum atomic E-state index is -1.34. The van der Waals surface area contributed by atoms with E-state index in [1.54, 1.807) is 0 Å². The Balaban J connectivity index is 2.05. The van der Waals surface area contributed by atoms with E-state index < -0.39 is 30.4 Å². The molecule has 0 aliphatic carbocycles. The highest BCUT2D eigenvalue weighted by molar-refractivity contribution is 6.44. The lowest BCUT2D eigenvalue weighted by Gasteiger charge is -2.13. The van der Waals surface area contributed by atoms with Gasteiger partial charge in [-0.3, -0.25) is 19.3 Å². The summed E-state index contributed by atoms with van der Waals surface area (Å²) in [6.45, 7) is -0.755. The summed E-state index contributed by atoms with van der Waals surface area (Å²) in [5, 5.41) is 8.61. The number of carboxylic acid groups (broad SMARTS) is 1. The van der Waals surface area contributed by atoms with Gasteiger partial charge < -0.3 is 5.11 Å². The van der Waals surface area contributed by atoms with Crippen LogP contribution in [0, 0.1) is 0 Å². The molecule has 0 bridgehead atoms. The van der Waals surface area contributed by atoms with Gasteiger partial charge in [-0.1, -0.05) is 30.3 Å². The molecule has 2 rings (SSSR count). The summed E-state index contributed by atoms with van der Waals surface area (Å²) in [5.41, 5.74) is 0.914. The zero-order valence-corrected chi connectivity index (χ0v) is 10.5. The number of carboxylic acids is 1. The first-order valence-corrected chi connectivity index (χ1v) is 5.93. The van der Waals surface area contributed by atoms with Crippen molar-refractivity contribution in [1.82, 2.24) is 9.80 Å². The number of amides is 4. The van der Waals surface area contributed by atoms with Gasteiger partial charge in [0.1, 0.15) is 6.54 Å². The SMILES string of the molecule is O=C(O)CN1C(=O)C(=O)N(CCc2ccccc2)C1=O. The second kappa shape index (κ2) is 5.52. The van der Waals surface area contributed by atoms with Crippen molar-refractivity contribution in [1.29, 1.82) is 0 Å². The van der Waals surface area contributed by atoms with E-state index >= 15 is 0 Å². The van der Waals surface area contributed by atoms with Gasteiger partial charge in [-0.15, -0.1) is 0 Å². The van der Waals surface area contributed by atoms with Crippen molar-refractivity contribution in [3.63, 3.8) is 0 Å².